The Morgan fingerprint density at radius 1 is 1.38 bits per heavy atom. The molecule has 1 aromatic rings. The molecule has 2 fully saturated rings. The number of rotatable bonds is 2. The first kappa shape index (κ1) is 14.7. The molecule has 0 spiro atoms. The van der Waals surface area contributed by atoms with Crippen molar-refractivity contribution in [2.24, 2.45) is 0 Å². The number of hydrogen-bond acceptors (Lipinski definition) is 4. The van der Waals surface area contributed by atoms with Crippen LogP contribution in [-0.2, 0) is 0 Å². The van der Waals surface area contributed by atoms with Crippen molar-refractivity contribution in [2.45, 2.75) is 51.1 Å². The molecule has 0 aliphatic carbocycles. The lowest BCUT2D eigenvalue weighted by molar-refractivity contribution is 0.0742. The molecule has 3 heterocycles. The first-order valence-electron chi connectivity index (χ1n) is 7.62. The summed E-state index contributed by atoms with van der Waals surface area (Å²) in [4.78, 5) is 23.2. The third kappa shape index (κ3) is 3.04. The van der Waals surface area contributed by atoms with Crippen LogP contribution in [-0.4, -0.2) is 45.9 Å². The third-order valence-corrected chi connectivity index (χ3v) is 4.57. The minimum absolute atomic E-state index is 0.0707. The van der Waals surface area contributed by atoms with Crippen LogP contribution in [0.5, 0.6) is 0 Å². The van der Waals surface area contributed by atoms with Gasteiger partial charge >= 0.3 is 0 Å². The number of carbonyl (C=O) groups excluding carboxylic acids is 1. The van der Waals surface area contributed by atoms with Gasteiger partial charge < -0.3 is 10.2 Å². The highest BCUT2D eigenvalue weighted by molar-refractivity contribution is 6.33. The molecular weight excluding hydrogens is 288 g/mol. The number of carbonyl (C=O) groups is 1. The molecule has 0 aromatic carbocycles. The van der Waals surface area contributed by atoms with Gasteiger partial charge in [-0.3, -0.25) is 4.79 Å². The number of nitrogens with one attached hydrogen (secondary N) is 1. The Kier molecular flexibility index (Phi) is 4.13. The highest BCUT2D eigenvalue weighted by Gasteiger charge is 2.32. The van der Waals surface area contributed by atoms with Crippen molar-refractivity contribution >= 4 is 17.5 Å². The quantitative estimate of drug-likeness (QED) is 0.910. The van der Waals surface area contributed by atoms with E-state index in [9.17, 15) is 4.79 Å². The average Bonchev–Trinajstić information content (AvgIpc) is 2.78. The van der Waals surface area contributed by atoms with Gasteiger partial charge in [-0.05, 0) is 19.3 Å². The lowest BCUT2D eigenvalue weighted by Gasteiger charge is -2.24. The first-order chi connectivity index (χ1) is 10.0. The topological polar surface area (TPSA) is 58.1 Å². The molecule has 0 radical (unpaired) electrons. The molecule has 0 saturated carbocycles. The standard InChI is InChI=1S/C15H21ClN4O/c1-9(2)14-17-7-12(16)13(19-14)15(21)20-6-5-10-3-4-11(8-20)18-10/h7,9-11,18H,3-6,8H2,1-2H3. The summed E-state index contributed by atoms with van der Waals surface area (Å²) in [6.45, 7) is 5.52. The van der Waals surface area contributed by atoms with Gasteiger partial charge in [0.1, 0.15) is 5.82 Å². The van der Waals surface area contributed by atoms with E-state index in [4.69, 9.17) is 11.6 Å². The summed E-state index contributed by atoms with van der Waals surface area (Å²) in [5.41, 5.74) is 0.341. The second-order valence-corrected chi connectivity index (χ2v) is 6.66. The van der Waals surface area contributed by atoms with Gasteiger partial charge in [0.2, 0.25) is 0 Å². The van der Waals surface area contributed by atoms with Gasteiger partial charge in [0.15, 0.2) is 5.69 Å². The average molecular weight is 309 g/mol. The Hall–Kier alpha value is -1.20. The van der Waals surface area contributed by atoms with Crippen molar-refractivity contribution in [3.8, 4) is 0 Å². The molecule has 3 rings (SSSR count). The molecule has 5 nitrogen and oxygen atoms in total. The van der Waals surface area contributed by atoms with Crippen molar-refractivity contribution in [1.82, 2.24) is 20.2 Å². The van der Waals surface area contributed by atoms with Crippen LogP contribution in [0, 0.1) is 0 Å². The second kappa shape index (κ2) is 5.89. The van der Waals surface area contributed by atoms with Gasteiger partial charge in [-0.2, -0.15) is 0 Å². The molecule has 114 valence electrons. The van der Waals surface area contributed by atoms with Crippen LogP contribution in [0.2, 0.25) is 5.02 Å². The van der Waals surface area contributed by atoms with Crippen LogP contribution in [0.25, 0.3) is 0 Å². The van der Waals surface area contributed by atoms with E-state index in [-0.39, 0.29) is 11.8 Å². The Balaban J connectivity index is 1.82. The fraction of sp³-hybridized carbons (Fsp3) is 0.667. The van der Waals surface area contributed by atoms with Crippen molar-refractivity contribution in [3.63, 3.8) is 0 Å². The monoisotopic (exact) mass is 308 g/mol. The summed E-state index contributed by atoms with van der Waals surface area (Å²) in [7, 11) is 0. The molecule has 21 heavy (non-hydrogen) atoms. The molecule has 2 saturated heterocycles. The number of halogens is 1. The minimum Gasteiger partial charge on any atom is -0.336 e. The van der Waals surface area contributed by atoms with E-state index in [1.807, 2.05) is 18.7 Å². The first-order valence-corrected chi connectivity index (χ1v) is 8.00. The number of nitrogens with zero attached hydrogens (tertiary/aromatic N) is 3. The Morgan fingerprint density at radius 2 is 2.14 bits per heavy atom. The summed E-state index contributed by atoms with van der Waals surface area (Å²) in [5.74, 6) is 0.770. The van der Waals surface area contributed by atoms with E-state index in [1.165, 1.54) is 6.42 Å². The summed E-state index contributed by atoms with van der Waals surface area (Å²) in [6.07, 6.45) is 4.91. The zero-order valence-electron chi connectivity index (χ0n) is 12.5. The van der Waals surface area contributed by atoms with E-state index >= 15 is 0 Å². The summed E-state index contributed by atoms with van der Waals surface area (Å²) < 4.78 is 0. The molecule has 2 bridgehead atoms. The van der Waals surface area contributed by atoms with Crippen molar-refractivity contribution in [2.75, 3.05) is 13.1 Å². The summed E-state index contributed by atoms with van der Waals surface area (Å²) in [5, 5.41) is 3.91. The SMILES string of the molecule is CC(C)c1ncc(Cl)c(C(=O)N2CCC3CCC(C2)N3)n1. The Labute approximate surface area is 130 Å². The van der Waals surface area contributed by atoms with Crippen molar-refractivity contribution in [1.29, 1.82) is 0 Å². The number of aromatic nitrogens is 2. The zero-order valence-corrected chi connectivity index (χ0v) is 13.2. The fourth-order valence-electron chi connectivity index (χ4n) is 3.09. The van der Waals surface area contributed by atoms with Crippen LogP contribution in [0.15, 0.2) is 6.20 Å². The zero-order chi connectivity index (χ0) is 15.0. The van der Waals surface area contributed by atoms with Gasteiger partial charge in [-0.15, -0.1) is 0 Å². The van der Waals surface area contributed by atoms with E-state index in [0.29, 0.717) is 28.6 Å². The molecule has 2 unspecified atom stereocenters. The number of likely N-dealkylation sites (tertiary alicyclic amines) is 1. The highest BCUT2D eigenvalue weighted by atomic mass is 35.5. The van der Waals surface area contributed by atoms with Gasteiger partial charge in [0, 0.05) is 31.1 Å². The van der Waals surface area contributed by atoms with Gasteiger partial charge in [-0.1, -0.05) is 25.4 Å². The fourth-order valence-corrected chi connectivity index (χ4v) is 3.26. The van der Waals surface area contributed by atoms with Crippen molar-refractivity contribution < 1.29 is 4.79 Å². The van der Waals surface area contributed by atoms with Crippen LogP contribution in [0.4, 0.5) is 0 Å². The van der Waals surface area contributed by atoms with E-state index in [0.717, 1.165) is 25.9 Å². The number of amides is 1. The molecular formula is C15H21ClN4O. The van der Waals surface area contributed by atoms with Gasteiger partial charge in [0.25, 0.3) is 5.91 Å². The minimum atomic E-state index is -0.0707. The predicted molar refractivity (Wildman–Crippen MR) is 81.6 cm³/mol. The van der Waals surface area contributed by atoms with Crippen LogP contribution in [0.3, 0.4) is 0 Å². The van der Waals surface area contributed by atoms with Gasteiger partial charge in [0.05, 0.1) is 11.2 Å². The molecule has 6 heteroatoms. The predicted octanol–water partition coefficient (Wildman–Crippen LogP) is 2.22. The maximum absolute atomic E-state index is 12.7. The second-order valence-electron chi connectivity index (χ2n) is 6.26. The maximum Gasteiger partial charge on any atom is 0.274 e. The van der Waals surface area contributed by atoms with Gasteiger partial charge in [-0.25, -0.2) is 9.97 Å². The smallest absolute Gasteiger partial charge is 0.274 e. The molecule has 2 aliphatic rings. The molecule has 2 atom stereocenters. The molecule has 1 N–H and O–H groups in total. The highest BCUT2D eigenvalue weighted by Crippen LogP contribution is 2.23. The van der Waals surface area contributed by atoms with E-state index < -0.39 is 0 Å². The largest absolute Gasteiger partial charge is 0.336 e. The van der Waals surface area contributed by atoms with Crippen LogP contribution < -0.4 is 5.32 Å². The van der Waals surface area contributed by atoms with E-state index in [1.54, 1.807) is 6.20 Å². The Bertz CT molecular complexity index is 548. The van der Waals surface area contributed by atoms with Crippen LogP contribution in [0.1, 0.15) is 55.3 Å². The maximum atomic E-state index is 12.7. The molecule has 2 aliphatic heterocycles. The van der Waals surface area contributed by atoms with Crippen molar-refractivity contribution in [3.05, 3.63) is 22.7 Å². The molecule has 1 amide bonds. The van der Waals surface area contributed by atoms with Crippen LogP contribution >= 0.6 is 11.6 Å². The Morgan fingerprint density at radius 3 is 2.90 bits per heavy atom. The number of hydrogen-bond donors (Lipinski definition) is 1. The summed E-state index contributed by atoms with van der Waals surface area (Å²) in [6, 6.07) is 0.964. The molecule has 1 aromatic heterocycles. The number of fused-ring (bicyclic) bond motifs is 2. The third-order valence-electron chi connectivity index (χ3n) is 4.29. The summed E-state index contributed by atoms with van der Waals surface area (Å²) >= 11 is 6.15. The lowest BCUT2D eigenvalue weighted by Crippen LogP contribution is -2.39. The lowest BCUT2D eigenvalue weighted by atomic mass is 10.1. The normalized spacial score (nSPS) is 25.2. The van der Waals surface area contributed by atoms with E-state index in [2.05, 4.69) is 15.3 Å².